The Morgan fingerprint density at radius 2 is 1.78 bits per heavy atom. The summed E-state index contributed by atoms with van der Waals surface area (Å²) in [6, 6.07) is 12.0. The molecule has 0 fully saturated rings. The third-order valence-corrected chi connectivity index (χ3v) is 4.41. The first-order valence-electron chi connectivity index (χ1n) is 5.58. The molecular weight excluding hydrogens is 248 g/mol. The number of nitrogens with two attached hydrogens (primary N) is 1. The number of hydrogen-bond donors (Lipinski definition) is 1. The first-order valence-corrected chi connectivity index (χ1v) is 7.24. The van der Waals surface area contributed by atoms with Crippen LogP contribution in [0, 0.1) is 0 Å². The van der Waals surface area contributed by atoms with Gasteiger partial charge in [-0.05, 0) is 24.3 Å². The molecule has 0 bridgehead atoms. The zero-order valence-corrected chi connectivity index (χ0v) is 10.8. The topological polar surface area (TPSA) is 73.0 Å². The smallest absolute Gasteiger partial charge is 0.178 e. The van der Waals surface area contributed by atoms with Crippen molar-refractivity contribution in [2.24, 2.45) is 0 Å². The lowest BCUT2D eigenvalue weighted by Gasteiger charge is -2.04. The van der Waals surface area contributed by atoms with Gasteiger partial charge in [0.1, 0.15) is 5.82 Å². The number of nitrogen functional groups attached to an aromatic ring is 1. The molecule has 18 heavy (non-hydrogen) atoms. The van der Waals surface area contributed by atoms with Crippen molar-refractivity contribution in [2.75, 3.05) is 11.5 Å². The van der Waals surface area contributed by atoms with Crippen molar-refractivity contribution in [1.82, 2.24) is 4.98 Å². The second-order valence-electron chi connectivity index (χ2n) is 3.88. The van der Waals surface area contributed by atoms with Crippen molar-refractivity contribution in [1.29, 1.82) is 0 Å². The SMILES string of the molecule is CCS(=O)(=O)c1ccc(-c2cccc(N)n2)cc1. The van der Waals surface area contributed by atoms with Crippen LogP contribution in [-0.2, 0) is 9.84 Å². The van der Waals surface area contributed by atoms with E-state index in [1.54, 1.807) is 37.3 Å². The fourth-order valence-electron chi connectivity index (χ4n) is 1.61. The first kappa shape index (κ1) is 12.6. The van der Waals surface area contributed by atoms with Crippen molar-refractivity contribution in [2.45, 2.75) is 11.8 Å². The Kier molecular flexibility index (Phi) is 3.34. The summed E-state index contributed by atoms with van der Waals surface area (Å²) >= 11 is 0. The molecule has 0 unspecified atom stereocenters. The van der Waals surface area contributed by atoms with E-state index in [1.165, 1.54) is 0 Å². The molecule has 0 saturated carbocycles. The lowest BCUT2D eigenvalue weighted by molar-refractivity contribution is 0.597. The van der Waals surface area contributed by atoms with Crippen LogP contribution < -0.4 is 5.73 Å². The van der Waals surface area contributed by atoms with Crippen molar-refractivity contribution in [3.05, 3.63) is 42.5 Å². The van der Waals surface area contributed by atoms with Crippen LogP contribution in [0.25, 0.3) is 11.3 Å². The number of sulfone groups is 1. The minimum atomic E-state index is -3.15. The summed E-state index contributed by atoms with van der Waals surface area (Å²) in [4.78, 5) is 4.51. The van der Waals surface area contributed by atoms with E-state index in [4.69, 9.17) is 5.73 Å². The lowest BCUT2D eigenvalue weighted by Crippen LogP contribution is -2.03. The molecule has 0 atom stereocenters. The predicted octanol–water partition coefficient (Wildman–Crippen LogP) is 2.12. The van der Waals surface area contributed by atoms with E-state index in [0.717, 1.165) is 11.3 Å². The maximum Gasteiger partial charge on any atom is 0.178 e. The first-order chi connectivity index (χ1) is 8.53. The fraction of sp³-hybridized carbons (Fsp3) is 0.154. The maximum atomic E-state index is 11.7. The van der Waals surface area contributed by atoms with E-state index in [9.17, 15) is 8.42 Å². The summed E-state index contributed by atoms with van der Waals surface area (Å²) in [6.07, 6.45) is 0. The fourth-order valence-corrected chi connectivity index (χ4v) is 2.50. The molecule has 0 aliphatic rings. The number of nitrogens with zero attached hydrogens (tertiary/aromatic N) is 1. The molecule has 0 radical (unpaired) electrons. The number of anilines is 1. The highest BCUT2D eigenvalue weighted by Crippen LogP contribution is 2.20. The monoisotopic (exact) mass is 262 g/mol. The number of rotatable bonds is 3. The highest BCUT2D eigenvalue weighted by Gasteiger charge is 2.11. The second kappa shape index (κ2) is 4.78. The Bertz CT molecular complexity index is 649. The van der Waals surface area contributed by atoms with Crippen molar-refractivity contribution < 1.29 is 8.42 Å². The quantitative estimate of drug-likeness (QED) is 0.919. The number of benzene rings is 1. The molecule has 94 valence electrons. The molecule has 0 amide bonds. The Morgan fingerprint density at radius 1 is 1.11 bits per heavy atom. The summed E-state index contributed by atoms with van der Waals surface area (Å²) in [5.74, 6) is 0.542. The molecule has 2 rings (SSSR count). The summed E-state index contributed by atoms with van der Waals surface area (Å²) in [5.41, 5.74) is 7.19. The third kappa shape index (κ3) is 2.51. The van der Waals surface area contributed by atoms with E-state index in [1.807, 2.05) is 12.1 Å². The second-order valence-corrected chi connectivity index (χ2v) is 6.15. The molecule has 0 aliphatic carbocycles. The van der Waals surface area contributed by atoms with Gasteiger partial charge < -0.3 is 5.73 Å². The maximum absolute atomic E-state index is 11.7. The summed E-state index contributed by atoms with van der Waals surface area (Å²) in [6.45, 7) is 1.63. The Morgan fingerprint density at radius 3 is 2.33 bits per heavy atom. The molecular formula is C13H14N2O2S. The predicted molar refractivity (Wildman–Crippen MR) is 71.8 cm³/mol. The largest absolute Gasteiger partial charge is 0.384 e. The lowest BCUT2D eigenvalue weighted by atomic mass is 10.1. The highest BCUT2D eigenvalue weighted by molar-refractivity contribution is 7.91. The molecule has 0 aliphatic heterocycles. The van der Waals surface area contributed by atoms with Gasteiger partial charge in [-0.2, -0.15) is 0 Å². The van der Waals surface area contributed by atoms with Crippen LogP contribution >= 0.6 is 0 Å². The van der Waals surface area contributed by atoms with Gasteiger partial charge in [-0.1, -0.05) is 25.1 Å². The molecule has 2 aromatic rings. The van der Waals surface area contributed by atoms with Gasteiger partial charge in [0, 0.05) is 5.56 Å². The summed E-state index contributed by atoms with van der Waals surface area (Å²) in [5, 5.41) is 0. The average molecular weight is 262 g/mol. The molecule has 5 heteroatoms. The standard InChI is InChI=1S/C13H14N2O2S/c1-2-18(16,17)11-8-6-10(7-9-11)12-4-3-5-13(14)15-12/h3-9H,2H2,1H3,(H2,14,15). The molecule has 0 saturated heterocycles. The van der Waals surface area contributed by atoms with E-state index < -0.39 is 9.84 Å². The molecule has 4 nitrogen and oxygen atoms in total. The van der Waals surface area contributed by atoms with E-state index in [-0.39, 0.29) is 5.75 Å². The van der Waals surface area contributed by atoms with Crippen LogP contribution in [0.3, 0.4) is 0 Å². The van der Waals surface area contributed by atoms with Crippen LogP contribution in [0.5, 0.6) is 0 Å². The molecule has 2 N–H and O–H groups in total. The summed E-state index contributed by atoms with van der Waals surface area (Å²) < 4.78 is 23.3. The minimum absolute atomic E-state index is 0.100. The number of hydrogen-bond acceptors (Lipinski definition) is 4. The van der Waals surface area contributed by atoms with Crippen LogP contribution in [0.4, 0.5) is 5.82 Å². The van der Waals surface area contributed by atoms with E-state index in [2.05, 4.69) is 4.98 Å². The Labute approximate surface area is 106 Å². The molecule has 0 spiro atoms. The van der Waals surface area contributed by atoms with Crippen LogP contribution in [0.1, 0.15) is 6.92 Å². The Balaban J connectivity index is 2.40. The summed E-state index contributed by atoms with van der Waals surface area (Å²) in [7, 11) is -3.15. The van der Waals surface area contributed by atoms with Crippen molar-refractivity contribution >= 4 is 15.7 Å². The van der Waals surface area contributed by atoms with Crippen LogP contribution in [0.15, 0.2) is 47.4 Å². The van der Waals surface area contributed by atoms with Gasteiger partial charge in [0.25, 0.3) is 0 Å². The van der Waals surface area contributed by atoms with Gasteiger partial charge in [0.05, 0.1) is 16.3 Å². The highest BCUT2D eigenvalue weighted by atomic mass is 32.2. The van der Waals surface area contributed by atoms with Gasteiger partial charge in [-0.15, -0.1) is 0 Å². The van der Waals surface area contributed by atoms with Crippen molar-refractivity contribution in [3.63, 3.8) is 0 Å². The van der Waals surface area contributed by atoms with Crippen molar-refractivity contribution in [3.8, 4) is 11.3 Å². The molecule has 1 aromatic carbocycles. The normalized spacial score (nSPS) is 11.4. The van der Waals surface area contributed by atoms with Gasteiger partial charge in [-0.25, -0.2) is 13.4 Å². The number of aromatic nitrogens is 1. The van der Waals surface area contributed by atoms with Gasteiger partial charge in [-0.3, -0.25) is 0 Å². The van der Waals surface area contributed by atoms with E-state index >= 15 is 0 Å². The minimum Gasteiger partial charge on any atom is -0.384 e. The third-order valence-electron chi connectivity index (χ3n) is 2.66. The van der Waals surface area contributed by atoms with Gasteiger partial charge >= 0.3 is 0 Å². The van der Waals surface area contributed by atoms with E-state index in [0.29, 0.717) is 10.7 Å². The Hall–Kier alpha value is -1.88. The number of pyridine rings is 1. The molecule has 1 heterocycles. The molecule has 1 aromatic heterocycles. The zero-order valence-electron chi connectivity index (χ0n) is 10.00. The zero-order chi connectivity index (χ0) is 13.2. The van der Waals surface area contributed by atoms with Crippen LogP contribution in [0.2, 0.25) is 0 Å². The van der Waals surface area contributed by atoms with Gasteiger partial charge in [0.15, 0.2) is 9.84 Å². The average Bonchev–Trinajstić information content (AvgIpc) is 2.39. The van der Waals surface area contributed by atoms with Gasteiger partial charge in [0.2, 0.25) is 0 Å². The van der Waals surface area contributed by atoms with Crippen LogP contribution in [-0.4, -0.2) is 19.2 Å².